The van der Waals surface area contributed by atoms with E-state index < -0.39 is 0 Å². The van der Waals surface area contributed by atoms with E-state index in [4.69, 9.17) is 9.84 Å². The summed E-state index contributed by atoms with van der Waals surface area (Å²) in [4.78, 5) is 5.21. The lowest BCUT2D eigenvalue weighted by Gasteiger charge is -1.98. The van der Waals surface area contributed by atoms with Gasteiger partial charge in [-0.15, -0.1) is 0 Å². The maximum atomic E-state index is 9.03. The molecule has 3 rings (SSSR count). The largest absolute Gasteiger partial charge is 0.497 e. The van der Waals surface area contributed by atoms with Crippen LogP contribution in [-0.2, 0) is 6.61 Å². The number of nitrogens with zero attached hydrogens (tertiary/aromatic N) is 2. The minimum Gasteiger partial charge on any atom is -0.497 e. The molecule has 3 aromatic rings. The van der Waals surface area contributed by atoms with Crippen LogP contribution in [0.3, 0.4) is 0 Å². The number of aromatic nitrogens is 2. The lowest BCUT2D eigenvalue weighted by Crippen LogP contribution is -1.83. The topological polar surface area (TPSA) is 46.8 Å². The van der Waals surface area contributed by atoms with Crippen molar-refractivity contribution in [3.63, 3.8) is 0 Å². The maximum absolute atomic E-state index is 9.03. The highest BCUT2D eigenvalue weighted by Crippen LogP contribution is 2.29. The van der Waals surface area contributed by atoms with Crippen LogP contribution in [0.5, 0.6) is 5.75 Å². The predicted octanol–water partition coefficient (Wildman–Crippen LogP) is 2.05. The molecule has 1 N–H and O–H groups in total. The Morgan fingerprint density at radius 2 is 2.38 bits per heavy atom. The van der Waals surface area contributed by atoms with Crippen molar-refractivity contribution in [1.29, 1.82) is 0 Å². The van der Waals surface area contributed by atoms with E-state index >= 15 is 0 Å². The van der Waals surface area contributed by atoms with Gasteiger partial charge in [-0.1, -0.05) is 11.3 Å². The van der Waals surface area contributed by atoms with E-state index in [1.165, 1.54) is 0 Å². The summed E-state index contributed by atoms with van der Waals surface area (Å²) in [7, 11) is 1.65. The maximum Gasteiger partial charge on any atom is 0.195 e. The Morgan fingerprint density at radius 1 is 1.50 bits per heavy atom. The van der Waals surface area contributed by atoms with Crippen LogP contribution in [0.25, 0.3) is 15.2 Å². The van der Waals surface area contributed by atoms with Crippen LogP contribution in [0.4, 0.5) is 0 Å². The molecule has 5 heteroatoms. The van der Waals surface area contributed by atoms with E-state index in [0.717, 1.165) is 20.9 Å². The molecule has 16 heavy (non-hydrogen) atoms. The van der Waals surface area contributed by atoms with E-state index in [0.29, 0.717) is 5.69 Å². The molecule has 0 aliphatic rings. The van der Waals surface area contributed by atoms with Gasteiger partial charge in [0.1, 0.15) is 5.75 Å². The van der Waals surface area contributed by atoms with Crippen LogP contribution in [-0.4, -0.2) is 21.6 Å². The smallest absolute Gasteiger partial charge is 0.195 e. The third-order valence-corrected chi connectivity index (χ3v) is 3.55. The first kappa shape index (κ1) is 9.62. The molecule has 0 spiro atoms. The number of methoxy groups -OCH3 is 1. The summed E-state index contributed by atoms with van der Waals surface area (Å²) in [5.74, 6) is 0.825. The van der Waals surface area contributed by atoms with E-state index in [2.05, 4.69) is 4.98 Å². The molecule has 0 fully saturated rings. The first-order valence-corrected chi connectivity index (χ1v) is 5.69. The van der Waals surface area contributed by atoms with Crippen LogP contribution < -0.4 is 4.74 Å². The quantitative estimate of drug-likeness (QED) is 0.738. The van der Waals surface area contributed by atoms with Gasteiger partial charge in [0.25, 0.3) is 0 Å². The molecule has 0 aliphatic carbocycles. The van der Waals surface area contributed by atoms with Crippen LogP contribution in [0.15, 0.2) is 24.4 Å². The van der Waals surface area contributed by atoms with E-state index in [-0.39, 0.29) is 6.61 Å². The van der Waals surface area contributed by atoms with Crippen molar-refractivity contribution in [3.8, 4) is 5.75 Å². The highest BCUT2D eigenvalue weighted by Gasteiger charge is 2.08. The number of fused-ring (bicyclic) bond motifs is 3. The Balaban J connectivity index is 2.34. The summed E-state index contributed by atoms with van der Waals surface area (Å²) < 4.78 is 8.34. The standard InChI is InChI=1S/C11H10N2O2S/c1-15-8-2-3-10-9(4-8)13-5-7(6-14)12-11(13)16-10/h2-5,14H,6H2,1H3. The SMILES string of the molecule is COc1ccc2sc3nc(CO)cn3c2c1. The van der Waals surface area contributed by atoms with E-state index in [9.17, 15) is 0 Å². The summed E-state index contributed by atoms with van der Waals surface area (Å²) in [5, 5.41) is 9.03. The van der Waals surface area contributed by atoms with Gasteiger partial charge in [0, 0.05) is 12.3 Å². The molecule has 0 bridgehead atoms. The van der Waals surface area contributed by atoms with Gasteiger partial charge in [0.05, 0.1) is 29.6 Å². The van der Waals surface area contributed by atoms with Crippen LogP contribution in [0, 0.1) is 0 Å². The predicted molar refractivity (Wildman–Crippen MR) is 63.0 cm³/mol. The van der Waals surface area contributed by atoms with Crippen molar-refractivity contribution in [2.75, 3.05) is 7.11 Å². The van der Waals surface area contributed by atoms with Crippen molar-refractivity contribution in [3.05, 3.63) is 30.1 Å². The van der Waals surface area contributed by atoms with Crippen molar-refractivity contribution < 1.29 is 9.84 Å². The van der Waals surface area contributed by atoms with Gasteiger partial charge in [-0.25, -0.2) is 4.98 Å². The summed E-state index contributed by atoms with van der Waals surface area (Å²) in [5.41, 5.74) is 1.75. The molecule has 0 aliphatic heterocycles. The number of aliphatic hydroxyl groups excluding tert-OH is 1. The van der Waals surface area contributed by atoms with Crippen LogP contribution in [0.1, 0.15) is 5.69 Å². The van der Waals surface area contributed by atoms with Gasteiger partial charge in [-0.05, 0) is 12.1 Å². The van der Waals surface area contributed by atoms with Gasteiger partial charge in [0.15, 0.2) is 4.96 Å². The molecular formula is C11H10N2O2S. The number of benzene rings is 1. The Labute approximate surface area is 95.7 Å². The zero-order valence-electron chi connectivity index (χ0n) is 8.67. The zero-order valence-corrected chi connectivity index (χ0v) is 9.49. The molecule has 1 aromatic carbocycles. The minimum atomic E-state index is -0.0279. The number of thiazole rings is 1. The van der Waals surface area contributed by atoms with Crippen LogP contribution >= 0.6 is 11.3 Å². The Morgan fingerprint density at radius 3 is 3.12 bits per heavy atom. The molecule has 0 atom stereocenters. The Hall–Kier alpha value is -1.59. The number of hydrogen-bond acceptors (Lipinski definition) is 4. The fourth-order valence-corrected chi connectivity index (χ4v) is 2.73. The number of hydrogen-bond donors (Lipinski definition) is 1. The van der Waals surface area contributed by atoms with Crippen molar-refractivity contribution in [2.24, 2.45) is 0 Å². The first-order valence-electron chi connectivity index (χ1n) is 4.87. The molecule has 0 unspecified atom stereocenters. The van der Waals surface area contributed by atoms with Gasteiger partial charge < -0.3 is 9.84 Å². The van der Waals surface area contributed by atoms with E-state index in [1.807, 2.05) is 28.8 Å². The normalized spacial score (nSPS) is 11.4. The second-order valence-corrected chi connectivity index (χ2v) is 4.49. The molecule has 0 saturated carbocycles. The highest BCUT2D eigenvalue weighted by atomic mass is 32.1. The summed E-state index contributed by atoms with van der Waals surface area (Å²) in [6, 6.07) is 5.93. The third-order valence-electron chi connectivity index (χ3n) is 2.51. The highest BCUT2D eigenvalue weighted by molar-refractivity contribution is 7.23. The fraction of sp³-hybridized carbons (Fsp3) is 0.182. The lowest BCUT2D eigenvalue weighted by atomic mass is 10.3. The second-order valence-electron chi connectivity index (χ2n) is 3.48. The zero-order chi connectivity index (χ0) is 11.1. The average molecular weight is 234 g/mol. The average Bonchev–Trinajstić information content (AvgIpc) is 2.85. The molecule has 2 aromatic heterocycles. The van der Waals surface area contributed by atoms with Crippen LogP contribution in [0.2, 0.25) is 0 Å². The Bertz CT molecular complexity index is 656. The molecule has 0 amide bonds. The summed E-state index contributed by atoms with van der Waals surface area (Å²) in [6.45, 7) is -0.0279. The number of imidazole rings is 1. The lowest BCUT2D eigenvalue weighted by molar-refractivity contribution is 0.277. The number of aliphatic hydroxyl groups is 1. The molecule has 0 radical (unpaired) electrons. The number of rotatable bonds is 2. The molecule has 4 nitrogen and oxygen atoms in total. The third kappa shape index (κ3) is 1.29. The van der Waals surface area contributed by atoms with Gasteiger partial charge in [-0.2, -0.15) is 0 Å². The summed E-state index contributed by atoms with van der Waals surface area (Å²) in [6.07, 6.45) is 1.85. The van der Waals surface area contributed by atoms with Gasteiger partial charge in [0.2, 0.25) is 0 Å². The number of ether oxygens (including phenoxy) is 1. The van der Waals surface area contributed by atoms with E-state index in [1.54, 1.807) is 18.4 Å². The molecule has 2 heterocycles. The molecule has 82 valence electrons. The Kier molecular flexibility index (Phi) is 2.08. The van der Waals surface area contributed by atoms with Crippen molar-refractivity contribution >= 4 is 26.5 Å². The minimum absolute atomic E-state index is 0.0279. The monoisotopic (exact) mass is 234 g/mol. The fourth-order valence-electron chi connectivity index (χ4n) is 1.73. The molecule has 0 saturated heterocycles. The van der Waals surface area contributed by atoms with Gasteiger partial charge >= 0.3 is 0 Å². The van der Waals surface area contributed by atoms with Crippen molar-refractivity contribution in [2.45, 2.75) is 6.61 Å². The van der Waals surface area contributed by atoms with Crippen molar-refractivity contribution in [1.82, 2.24) is 9.38 Å². The molecular weight excluding hydrogens is 224 g/mol. The summed E-state index contributed by atoms with van der Waals surface area (Å²) >= 11 is 1.60. The second kappa shape index (κ2) is 3.47. The first-order chi connectivity index (χ1) is 7.81. The van der Waals surface area contributed by atoms with Gasteiger partial charge in [-0.3, -0.25) is 4.40 Å².